The van der Waals surface area contributed by atoms with E-state index in [1.54, 1.807) is 0 Å². The van der Waals surface area contributed by atoms with E-state index in [0.29, 0.717) is 0 Å². The number of piperidine rings is 1. The quantitative estimate of drug-likeness (QED) is 0.647. The summed E-state index contributed by atoms with van der Waals surface area (Å²) in [5.74, 6) is 0.200. The van der Waals surface area contributed by atoms with Crippen LogP contribution in [-0.2, 0) is 4.79 Å². The summed E-state index contributed by atoms with van der Waals surface area (Å²) in [5.41, 5.74) is 0.867. The zero-order valence-electron chi connectivity index (χ0n) is 13.2. The number of carbonyl (C=O) groups excluding carboxylic acids is 1. The third-order valence-corrected chi connectivity index (χ3v) is 4.40. The standard InChI is InChI=1S/C17H25N3OS/c1-2-3-11-18-17(22)20-12-9-14(10-13-20)16(21)19-15-7-5-4-6-8-15/h4-8,14H,2-3,9-13H2,1H3,(H,18,22)(H,19,21). The second-order valence-electron chi connectivity index (χ2n) is 5.70. The molecule has 0 radical (unpaired) electrons. The van der Waals surface area contributed by atoms with Crippen LogP contribution in [0.2, 0.25) is 0 Å². The SMILES string of the molecule is CCCCNC(=S)N1CCC(C(=O)Nc2ccccc2)CC1. The van der Waals surface area contributed by atoms with Gasteiger partial charge in [-0.2, -0.15) is 0 Å². The fourth-order valence-electron chi connectivity index (χ4n) is 2.59. The summed E-state index contributed by atoms with van der Waals surface area (Å²) < 4.78 is 0. The highest BCUT2D eigenvalue weighted by atomic mass is 32.1. The first kappa shape index (κ1) is 16.7. The minimum absolute atomic E-state index is 0.0786. The van der Waals surface area contributed by atoms with Gasteiger partial charge < -0.3 is 15.5 Å². The van der Waals surface area contributed by atoms with Crippen LogP contribution in [0.3, 0.4) is 0 Å². The lowest BCUT2D eigenvalue weighted by Gasteiger charge is -2.33. The number of unbranched alkanes of at least 4 members (excludes halogenated alkanes) is 1. The molecule has 22 heavy (non-hydrogen) atoms. The average molecular weight is 319 g/mol. The molecule has 1 fully saturated rings. The summed E-state index contributed by atoms with van der Waals surface area (Å²) >= 11 is 5.41. The number of nitrogens with one attached hydrogen (secondary N) is 2. The molecule has 1 aliphatic heterocycles. The van der Waals surface area contributed by atoms with Crippen LogP contribution >= 0.6 is 12.2 Å². The summed E-state index contributed by atoms with van der Waals surface area (Å²) in [6, 6.07) is 9.64. The van der Waals surface area contributed by atoms with E-state index in [1.165, 1.54) is 0 Å². The number of anilines is 1. The Kier molecular flexibility index (Phi) is 6.65. The predicted molar refractivity (Wildman–Crippen MR) is 94.9 cm³/mol. The van der Waals surface area contributed by atoms with Crippen molar-refractivity contribution < 1.29 is 4.79 Å². The van der Waals surface area contributed by atoms with Crippen molar-refractivity contribution in [1.29, 1.82) is 0 Å². The van der Waals surface area contributed by atoms with E-state index in [-0.39, 0.29) is 11.8 Å². The molecule has 1 aliphatic rings. The molecule has 0 aliphatic carbocycles. The summed E-state index contributed by atoms with van der Waals surface area (Å²) in [7, 11) is 0. The van der Waals surface area contributed by atoms with Crippen LogP contribution in [0.5, 0.6) is 0 Å². The van der Waals surface area contributed by atoms with Gasteiger partial charge in [-0.1, -0.05) is 31.5 Å². The predicted octanol–water partition coefficient (Wildman–Crippen LogP) is 3.01. The average Bonchev–Trinajstić information content (AvgIpc) is 2.56. The molecule has 1 aromatic rings. The molecule has 1 heterocycles. The number of carbonyl (C=O) groups is 1. The zero-order chi connectivity index (χ0) is 15.8. The highest BCUT2D eigenvalue weighted by Gasteiger charge is 2.25. The van der Waals surface area contributed by atoms with Gasteiger partial charge in [0.05, 0.1) is 0 Å². The van der Waals surface area contributed by atoms with Gasteiger partial charge in [-0.25, -0.2) is 0 Å². The summed E-state index contributed by atoms with van der Waals surface area (Å²) in [4.78, 5) is 14.5. The van der Waals surface area contributed by atoms with E-state index < -0.39 is 0 Å². The van der Waals surface area contributed by atoms with Crippen LogP contribution in [0.1, 0.15) is 32.6 Å². The zero-order valence-corrected chi connectivity index (χ0v) is 14.0. The highest BCUT2D eigenvalue weighted by Crippen LogP contribution is 2.19. The molecule has 0 atom stereocenters. The Morgan fingerprint density at radius 2 is 1.95 bits per heavy atom. The van der Waals surface area contributed by atoms with Crippen LogP contribution in [0, 0.1) is 5.92 Å². The fraction of sp³-hybridized carbons (Fsp3) is 0.529. The van der Waals surface area contributed by atoms with Crippen LogP contribution in [0.25, 0.3) is 0 Å². The molecule has 1 saturated heterocycles. The summed E-state index contributed by atoms with van der Waals surface area (Å²) in [5, 5.41) is 7.11. The smallest absolute Gasteiger partial charge is 0.227 e. The van der Waals surface area contributed by atoms with E-state index in [0.717, 1.165) is 56.1 Å². The Balaban J connectivity index is 1.74. The highest BCUT2D eigenvalue weighted by molar-refractivity contribution is 7.80. The van der Waals surface area contributed by atoms with Crippen molar-refractivity contribution in [3.8, 4) is 0 Å². The summed E-state index contributed by atoms with van der Waals surface area (Å²) in [6.45, 7) is 4.81. The van der Waals surface area contributed by atoms with Gasteiger partial charge in [0.15, 0.2) is 5.11 Å². The first-order valence-electron chi connectivity index (χ1n) is 8.09. The fourth-order valence-corrected chi connectivity index (χ4v) is 2.88. The van der Waals surface area contributed by atoms with E-state index in [4.69, 9.17) is 12.2 Å². The largest absolute Gasteiger partial charge is 0.363 e. The third-order valence-electron chi connectivity index (χ3n) is 4.00. The van der Waals surface area contributed by atoms with Gasteiger partial charge in [0.1, 0.15) is 0 Å². The maximum atomic E-state index is 12.3. The van der Waals surface area contributed by atoms with E-state index >= 15 is 0 Å². The minimum atomic E-state index is 0.0786. The molecule has 5 heteroatoms. The van der Waals surface area contributed by atoms with Gasteiger partial charge >= 0.3 is 0 Å². The Hall–Kier alpha value is -1.62. The van der Waals surface area contributed by atoms with Crippen molar-refractivity contribution in [2.24, 2.45) is 5.92 Å². The van der Waals surface area contributed by atoms with Crippen LogP contribution in [-0.4, -0.2) is 35.6 Å². The molecule has 1 amide bonds. The van der Waals surface area contributed by atoms with Crippen LogP contribution in [0.4, 0.5) is 5.69 Å². The Morgan fingerprint density at radius 3 is 2.59 bits per heavy atom. The molecule has 0 spiro atoms. The Labute approximate surface area is 138 Å². The minimum Gasteiger partial charge on any atom is -0.363 e. The molecule has 2 rings (SSSR count). The number of nitrogens with zero attached hydrogens (tertiary/aromatic N) is 1. The molecule has 0 unspecified atom stereocenters. The molecule has 0 bridgehead atoms. The lowest BCUT2D eigenvalue weighted by atomic mass is 9.96. The van der Waals surface area contributed by atoms with Crippen molar-refractivity contribution in [2.75, 3.05) is 25.0 Å². The van der Waals surface area contributed by atoms with Gasteiger partial charge in [0.25, 0.3) is 0 Å². The molecular formula is C17H25N3OS. The number of amides is 1. The molecule has 2 N–H and O–H groups in total. The first-order valence-corrected chi connectivity index (χ1v) is 8.50. The van der Waals surface area contributed by atoms with Crippen molar-refractivity contribution in [3.05, 3.63) is 30.3 Å². The molecule has 0 saturated carbocycles. The number of likely N-dealkylation sites (tertiary alicyclic amines) is 1. The molecule has 120 valence electrons. The molecule has 1 aromatic carbocycles. The molecular weight excluding hydrogens is 294 g/mol. The van der Waals surface area contributed by atoms with E-state index in [2.05, 4.69) is 22.5 Å². The van der Waals surface area contributed by atoms with Gasteiger partial charge in [-0.05, 0) is 43.6 Å². The van der Waals surface area contributed by atoms with E-state index in [9.17, 15) is 4.79 Å². The van der Waals surface area contributed by atoms with Crippen molar-refractivity contribution in [2.45, 2.75) is 32.6 Å². The van der Waals surface area contributed by atoms with Crippen molar-refractivity contribution in [1.82, 2.24) is 10.2 Å². The van der Waals surface area contributed by atoms with Crippen LogP contribution in [0.15, 0.2) is 30.3 Å². The topological polar surface area (TPSA) is 44.4 Å². The normalized spacial score (nSPS) is 15.4. The Bertz CT molecular complexity index is 484. The Morgan fingerprint density at radius 1 is 1.27 bits per heavy atom. The van der Waals surface area contributed by atoms with Gasteiger partial charge in [-0.3, -0.25) is 4.79 Å². The van der Waals surface area contributed by atoms with Crippen molar-refractivity contribution in [3.63, 3.8) is 0 Å². The number of thiocarbonyl (C=S) groups is 1. The maximum absolute atomic E-state index is 12.3. The third kappa shape index (κ3) is 4.98. The summed E-state index contributed by atoms with van der Waals surface area (Å²) in [6.07, 6.45) is 4.01. The van der Waals surface area contributed by atoms with Gasteiger partial charge in [0.2, 0.25) is 5.91 Å². The number of benzene rings is 1. The lowest BCUT2D eigenvalue weighted by Crippen LogP contribution is -2.46. The lowest BCUT2D eigenvalue weighted by molar-refractivity contribution is -0.120. The molecule has 4 nitrogen and oxygen atoms in total. The van der Waals surface area contributed by atoms with Crippen molar-refractivity contribution >= 4 is 28.9 Å². The monoisotopic (exact) mass is 319 g/mol. The second-order valence-corrected chi connectivity index (χ2v) is 6.09. The first-order chi connectivity index (χ1) is 10.7. The number of hydrogen-bond acceptors (Lipinski definition) is 2. The van der Waals surface area contributed by atoms with Gasteiger partial charge in [0, 0.05) is 31.2 Å². The number of hydrogen-bond donors (Lipinski definition) is 2. The number of para-hydroxylation sites is 1. The van der Waals surface area contributed by atoms with Gasteiger partial charge in [-0.15, -0.1) is 0 Å². The van der Waals surface area contributed by atoms with Crippen LogP contribution < -0.4 is 10.6 Å². The number of rotatable bonds is 5. The second kappa shape index (κ2) is 8.73. The van der Waals surface area contributed by atoms with E-state index in [1.807, 2.05) is 30.3 Å². The molecule has 0 aromatic heterocycles. The maximum Gasteiger partial charge on any atom is 0.227 e.